The Morgan fingerprint density at radius 3 is 2.72 bits per heavy atom. The van der Waals surface area contributed by atoms with Gasteiger partial charge >= 0.3 is 0 Å². The molecule has 3 rings (SSSR count). The Balaban J connectivity index is 1.68. The van der Waals surface area contributed by atoms with Gasteiger partial charge in [-0.25, -0.2) is 13.5 Å². The molecule has 1 heterocycles. The third-order valence-electron chi connectivity index (χ3n) is 4.10. The number of nitro benzene ring substituents is 1. The van der Waals surface area contributed by atoms with Crippen molar-refractivity contribution in [2.45, 2.75) is 20.1 Å². The fraction of sp³-hybridized carbons (Fsp3) is 0.200. The molecule has 0 unspecified atom stereocenters. The zero-order chi connectivity index (χ0) is 23.3. The molecular formula is C20H17ClF2N4O5. The van der Waals surface area contributed by atoms with Gasteiger partial charge in [-0.2, -0.15) is 5.10 Å². The maximum Gasteiger partial charge on any atom is 0.276 e. The van der Waals surface area contributed by atoms with Gasteiger partial charge in [-0.1, -0.05) is 11.6 Å². The molecule has 0 atom stereocenters. The first-order valence-corrected chi connectivity index (χ1v) is 9.53. The first kappa shape index (κ1) is 22.9. The van der Waals surface area contributed by atoms with E-state index in [1.165, 1.54) is 23.0 Å². The summed E-state index contributed by atoms with van der Waals surface area (Å²) in [5.41, 5.74) is 0.418. The van der Waals surface area contributed by atoms with Gasteiger partial charge in [0.25, 0.3) is 18.0 Å². The highest BCUT2D eigenvalue weighted by Crippen LogP contribution is 2.27. The fourth-order valence-corrected chi connectivity index (χ4v) is 2.89. The molecule has 0 bridgehead atoms. The highest BCUT2D eigenvalue weighted by molar-refractivity contribution is 6.30. The second-order valence-electron chi connectivity index (χ2n) is 6.55. The van der Waals surface area contributed by atoms with E-state index in [4.69, 9.17) is 21.1 Å². The number of anilines is 1. The second kappa shape index (κ2) is 10.1. The molecule has 9 nitrogen and oxygen atoms in total. The largest absolute Gasteiger partial charge is 0.487 e. The third kappa shape index (κ3) is 6.14. The first-order valence-electron chi connectivity index (χ1n) is 9.15. The average Bonchev–Trinajstić information content (AvgIpc) is 3.20. The summed E-state index contributed by atoms with van der Waals surface area (Å²) in [7, 11) is 0. The normalized spacial score (nSPS) is 10.8. The fourth-order valence-electron chi connectivity index (χ4n) is 2.66. The minimum Gasteiger partial charge on any atom is -0.487 e. The van der Waals surface area contributed by atoms with Crippen LogP contribution < -0.4 is 14.8 Å². The summed E-state index contributed by atoms with van der Waals surface area (Å²) >= 11 is 5.91. The smallest absolute Gasteiger partial charge is 0.276 e. The van der Waals surface area contributed by atoms with Gasteiger partial charge in [-0.05, 0) is 36.8 Å². The molecule has 0 aliphatic heterocycles. The van der Waals surface area contributed by atoms with Crippen molar-refractivity contribution in [1.82, 2.24) is 9.78 Å². The van der Waals surface area contributed by atoms with Crippen molar-refractivity contribution in [1.29, 1.82) is 0 Å². The Bertz CT molecular complexity index is 1140. The van der Waals surface area contributed by atoms with Gasteiger partial charge in [0.15, 0.2) is 12.4 Å². The Labute approximate surface area is 185 Å². The lowest BCUT2D eigenvalue weighted by Crippen LogP contribution is -2.15. The molecule has 1 amide bonds. The van der Waals surface area contributed by atoms with E-state index in [0.717, 1.165) is 17.7 Å². The molecule has 0 spiro atoms. The molecular weight excluding hydrogens is 450 g/mol. The molecule has 0 saturated carbocycles. The Morgan fingerprint density at radius 2 is 2.03 bits per heavy atom. The molecule has 3 aromatic rings. The van der Waals surface area contributed by atoms with Crippen molar-refractivity contribution in [2.24, 2.45) is 0 Å². The lowest BCUT2D eigenvalue weighted by atomic mass is 10.2. The molecule has 0 fully saturated rings. The van der Waals surface area contributed by atoms with Crippen molar-refractivity contribution in [2.75, 3.05) is 11.9 Å². The van der Waals surface area contributed by atoms with Crippen LogP contribution in [0.5, 0.6) is 11.5 Å². The van der Waals surface area contributed by atoms with Crippen LogP contribution in [0.4, 0.5) is 20.2 Å². The standard InChI is InChI=1S/C20H17ClF2N4O5/c1-12-6-13(21)2-3-18(12)32-11-26-5-4-17(25-26)20(28)24-14-7-15(27(29)30)9-16(8-14)31-10-19(22)23/h2-9,19H,10-11H2,1H3,(H,24,28). The van der Waals surface area contributed by atoms with Crippen molar-refractivity contribution in [3.63, 3.8) is 0 Å². The number of carbonyl (C=O) groups is 1. The van der Waals surface area contributed by atoms with Crippen LogP contribution in [0.15, 0.2) is 48.7 Å². The third-order valence-corrected chi connectivity index (χ3v) is 4.33. The van der Waals surface area contributed by atoms with Crippen molar-refractivity contribution in [3.8, 4) is 11.5 Å². The second-order valence-corrected chi connectivity index (χ2v) is 6.99. The number of hydrogen-bond donors (Lipinski definition) is 1. The molecule has 12 heteroatoms. The molecule has 1 aromatic heterocycles. The molecule has 0 aliphatic rings. The monoisotopic (exact) mass is 466 g/mol. The molecule has 0 aliphatic carbocycles. The van der Waals surface area contributed by atoms with Crippen LogP contribution in [0.3, 0.4) is 0 Å². The van der Waals surface area contributed by atoms with E-state index >= 15 is 0 Å². The average molecular weight is 467 g/mol. The number of rotatable bonds is 9. The van der Waals surface area contributed by atoms with Gasteiger partial charge in [0.05, 0.1) is 16.7 Å². The number of nitrogens with one attached hydrogen (secondary N) is 1. The van der Waals surface area contributed by atoms with Gasteiger partial charge < -0.3 is 14.8 Å². The SMILES string of the molecule is Cc1cc(Cl)ccc1OCn1ccc(C(=O)Nc2cc(OCC(F)F)cc([N+](=O)[O-])c2)n1. The van der Waals surface area contributed by atoms with Crippen LogP contribution in [-0.2, 0) is 6.73 Å². The van der Waals surface area contributed by atoms with E-state index in [0.29, 0.717) is 10.8 Å². The van der Waals surface area contributed by atoms with E-state index < -0.39 is 29.6 Å². The zero-order valence-electron chi connectivity index (χ0n) is 16.6. The lowest BCUT2D eigenvalue weighted by Gasteiger charge is -2.09. The van der Waals surface area contributed by atoms with E-state index in [1.54, 1.807) is 18.2 Å². The maximum atomic E-state index is 12.5. The number of amides is 1. The van der Waals surface area contributed by atoms with Crippen molar-refractivity contribution < 1.29 is 28.0 Å². The molecule has 0 saturated heterocycles. The minimum atomic E-state index is -2.75. The first-order chi connectivity index (χ1) is 15.2. The Morgan fingerprint density at radius 1 is 1.25 bits per heavy atom. The number of alkyl halides is 2. The van der Waals surface area contributed by atoms with Crippen LogP contribution in [0.25, 0.3) is 0 Å². The number of halogens is 3. The van der Waals surface area contributed by atoms with E-state index in [2.05, 4.69) is 10.4 Å². The summed E-state index contributed by atoms with van der Waals surface area (Å²) < 4.78 is 36.6. The summed E-state index contributed by atoms with van der Waals surface area (Å²) in [6.07, 6.45) is -1.24. The molecule has 0 radical (unpaired) electrons. The van der Waals surface area contributed by atoms with Gasteiger partial charge in [-0.3, -0.25) is 14.9 Å². The molecule has 2 aromatic carbocycles. The summed E-state index contributed by atoms with van der Waals surface area (Å²) in [4.78, 5) is 22.8. The highest BCUT2D eigenvalue weighted by atomic mass is 35.5. The molecule has 32 heavy (non-hydrogen) atoms. The van der Waals surface area contributed by atoms with E-state index in [-0.39, 0.29) is 23.9 Å². The number of aromatic nitrogens is 2. The predicted molar refractivity (Wildman–Crippen MR) is 112 cm³/mol. The van der Waals surface area contributed by atoms with Crippen LogP contribution in [0, 0.1) is 17.0 Å². The van der Waals surface area contributed by atoms with Crippen LogP contribution in [0.2, 0.25) is 5.02 Å². The number of non-ortho nitro benzene ring substituents is 1. The van der Waals surface area contributed by atoms with E-state index in [1.807, 2.05) is 6.92 Å². The number of hydrogen-bond acceptors (Lipinski definition) is 6. The molecule has 1 N–H and O–H groups in total. The number of carbonyl (C=O) groups excluding carboxylic acids is 1. The van der Waals surface area contributed by atoms with Gasteiger partial charge in [0.2, 0.25) is 0 Å². The quantitative estimate of drug-likeness (QED) is 0.362. The Hall–Kier alpha value is -3.73. The summed E-state index contributed by atoms with van der Waals surface area (Å²) in [6.45, 7) is 0.922. The van der Waals surface area contributed by atoms with Gasteiger partial charge in [-0.15, -0.1) is 0 Å². The zero-order valence-corrected chi connectivity index (χ0v) is 17.4. The van der Waals surface area contributed by atoms with Crippen LogP contribution >= 0.6 is 11.6 Å². The summed E-state index contributed by atoms with van der Waals surface area (Å²) in [5, 5.41) is 18.2. The lowest BCUT2D eigenvalue weighted by molar-refractivity contribution is -0.384. The maximum absolute atomic E-state index is 12.5. The predicted octanol–water partition coefficient (Wildman–Crippen LogP) is 4.69. The number of ether oxygens (including phenoxy) is 2. The summed E-state index contributed by atoms with van der Waals surface area (Å²) in [5.74, 6) is -0.234. The molecule has 168 valence electrons. The number of nitro groups is 1. The van der Waals surface area contributed by atoms with Crippen molar-refractivity contribution in [3.05, 3.63) is 75.1 Å². The van der Waals surface area contributed by atoms with Gasteiger partial charge in [0, 0.05) is 23.4 Å². The number of nitrogens with zero attached hydrogens (tertiary/aromatic N) is 3. The highest BCUT2D eigenvalue weighted by Gasteiger charge is 2.16. The van der Waals surface area contributed by atoms with E-state index in [9.17, 15) is 23.7 Å². The van der Waals surface area contributed by atoms with Crippen molar-refractivity contribution >= 4 is 28.9 Å². The van der Waals surface area contributed by atoms with Crippen LogP contribution in [0.1, 0.15) is 16.1 Å². The van der Waals surface area contributed by atoms with Gasteiger partial charge in [0.1, 0.15) is 18.1 Å². The number of aryl methyl sites for hydroxylation is 1. The number of benzene rings is 2. The minimum absolute atomic E-state index is 0.00365. The van der Waals surface area contributed by atoms with Crippen LogP contribution in [-0.4, -0.2) is 33.6 Å². The Kier molecular flexibility index (Phi) is 7.21. The summed E-state index contributed by atoms with van der Waals surface area (Å²) in [6, 6.07) is 9.85. The topological polar surface area (TPSA) is 109 Å².